The zero-order valence-electron chi connectivity index (χ0n) is 35.1. The molecule has 2 N–H and O–H groups in total. The molecule has 1 saturated carbocycles. The molecule has 0 radical (unpaired) electrons. The normalized spacial score (nSPS) is 23.1. The lowest BCUT2D eigenvalue weighted by molar-refractivity contribution is -0.252. The highest BCUT2D eigenvalue weighted by molar-refractivity contribution is 6.03. The van der Waals surface area contributed by atoms with Crippen LogP contribution in [0.4, 0.5) is 0 Å². The Balaban J connectivity index is 1.40. The number of rotatable bonds is 19. The molecule has 0 bridgehead atoms. The van der Waals surface area contributed by atoms with Gasteiger partial charge in [0.25, 0.3) is 5.91 Å². The lowest BCUT2D eigenvalue weighted by Gasteiger charge is -2.59. The predicted octanol–water partition coefficient (Wildman–Crippen LogP) is 8.45. The molecule has 0 spiro atoms. The van der Waals surface area contributed by atoms with E-state index in [9.17, 15) is 20.3 Å². The van der Waals surface area contributed by atoms with E-state index in [0.717, 1.165) is 53.8 Å². The molecule has 0 saturated heterocycles. The molecule has 3 aliphatic rings. The van der Waals surface area contributed by atoms with Crippen LogP contribution in [0.2, 0.25) is 0 Å². The topological polar surface area (TPSA) is 147 Å². The Morgan fingerprint density at radius 2 is 1.77 bits per heavy atom. The number of pyridine rings is 1. The van der Waals surface area contributed by atoms with E-state index in [4.69, 9.17) is 24.2 Å². The van der Waals surface area contributed by atoms with Crippen LogP contribution in [0.25, 0.3) is 0 Å². The molecule has 1 aliphatic heterocycles. The summed E-state index contributed by atoms with van der Waals surface area (Å²) in [5, 5.41) is 34.2. The molecule has 61 heavy (non-hydrogen) atoms. The van der Waals surface area contributed by atoms with E-state index in [1.165, 1.54) is 0 Å². The number of hydrogen-bond donors (Lipinski definition) is 2. The Labute approximate surface area is 358 Å². The van der Waals surface area contributed by atoms with Crippen molar-refractivity contribution in [2.75, 3.05) is 26.9 Å². The van der Waals surface area contributed by atoms with Crippen molar-refractivity contribution in [2.24, 2.45) is 22.9 Å². The number of unbranched alkanes of at least 4 members (excludes halogenated alkanes) is 2. The van der Waals surface area contributed by atoms with Crippen molar-refractivity contribution in [3.63, 3.8) is 0 Å². The van der Waals surface area contributed by atoms with Crippen LogP contribution in [0.5, 0.6) is 11.5 Å². The van der Waals surface area contributed by atoms with E-state index in [1.807, 2.05) is 67.6 Å². The second kappa shape index (κ2) is 20.2. The van der Waals surface area contributed by atoms with Crippen molar-refractivity contribution >= 4 is 11.6 Å². The van der Waals surface area contributed by atoms with Crippen molar-refractivity contribution in [3.05, 3.63) is 149 Å². The smallest absolute Gasteiger partial charge is 0.254 e. The molecule has 3 aromatic carbocycles. The number of likely N-dealkylation sites (N-methyl/N-ethyl adjacent to an activating group) is 1. The monoisotopic (exact) mass is 824 g/mol. The minimum Gasteiger partial charge on any atom is -0.487 e. The highest BCUT2D eigenvalue weighted by Gasteiger charge is 2.65. The standard InChI is InChI=1S/C50H56N4O7/c1-4-27-59-50-46(54(3)49(57)37-21-19-35(31-51)20-22-37)30-44(53-60-32-36-14-6-5-7-15-36)42-28-38(16-8-10-25-55)41(18-9-11-26-56)47(48(42)50)43-29-40(23-24-45(43)61-50)58-33-39-17-12-13-34(2)52-39/h4-7,12-15,17,19-24,28-29,38,41,46-48,55-56H,1,8-11,16,18,25-27,30,32-33H2,2-3H3. The van der Waals surface area contributed by atoms with Crippen LogP contribution in [0.3, 0.4) is 0 Å². The lowest BCUT2D eigenvalue weighted by atomic mass is 9.55. The number of nitriles is 1. The number of aliphatic hydroxyl groups excluding tert-OH is 2. The molecule has 2 heterocycles. The summed E-state index contributed by atoms with van der Waals surface area (Å²) in [5.41, 5.74) is 6.21. The quantitative estimate of drug-likeness (QED) is 0.0540. The highest BCUT2D eigenvalue weighted by Crippen LogP contribution is 2.62. The predicted molar refractivity (Wildman–Crippen MR) is 233 cm³/mol. The fourth-order valence-corrected chi connectivity index (χ4v) is 9.45. The van der Waals surface area contributed by atoms with Crippen LogP contribution in [-0.2, 0) is 22.8 Å². The maximum absolute atomic E-state index is 14.6. The number of allylic oxidation sites excluding steroid dienone is 1. The first-order chi connectivity index (χ1) is 29.8. The van der Waals surface area contributed by atoms with Crippen LogP contribution in [0, 0.1) is 36.0 Å². The summed E-state index contributed by atoms with van der Waals surface area (Å²) in [4.78, 5) is 27.1. The summed E-state index contributed by atoms with van der Waals surface area (Å²) in [6.45, 7) is 6.87. The minimum absolute atomic E-state index is 0.0619. The van der Waals surface area contributed by atoms with Gasteiger partial charge in [-0.2, -0.15) is 5.26 Å². The number of amides is 1. The number of carbonyl (C=O) groups is 1. The number of fused-ring (bicyclic) bond motifs is 2. The Morgan fingerprint density at radius 1 is 1.00 bits per heavy atom. The number of aromatic nitrogens is 1. The first kappa shape index (κ1) is 43.3. The molecule has 7 rings (SSSR count). The number of benzene rings is 3. The SMILES string of the molecule is C=CCOC12Oc3ccc(OCc4cccc(C)n4)cc3C3C(CCCCO)C(CCCCO)C=C(C(=NOCc4ccccc4)CC1N(C)C(=O)c1ccc(C#N)cc1)C32. The first-order valence-electron chi connectivity index (χ1n) is 21.4. The van der Waals surface area contributed by atoms with Crippen LogP contribution in [-0.4, -0.2) is 70.4 Å². The zero-order valence-corrected chi connectivity index (χ0v) is 35.1. The number of ether oxygens (including phenoxy) is 3. The van der Waals surface area contributed by atoms with Gasteiger partial charge in [0.15, 0.2) is 0 Å². The third-order valence-electron chi connectivity index (χ3n) is 12.3. The van der Waals surface area contributed by atoms with Crippen LogP contribution < -0.4 is 9.47 Å². The van der Waals surface area contributed by atoms with Crippen LogP contribution >= 0.6 is 0 Å². The Bertz CT molecular complexity index is 2240. The van der Waals surface area contributed by atoms with Gasteiger partial charge in [0, 0.05) is 49.4 Å². The largest absolute Gasteiger partial charge is 0.487 e. The molecular weight excluding hydrogens is 769 g/mol. The van der Waals surface area contributed by atoms with Gasteiger partial charge in [-0.25, -0.2) is 0 Å². The molecule has 6 unspecified atom stereocenters. The summed E-state index contributed by atoms with van der Waals surface area (Å²) < 4.78 is 20.8. The Kier molecular flexibility index (Phi) is 14.3. The fourth-order valence-electron chi connectivity index (χ4n) is 9.45. The number of oxime groups is 1. The van der Waals surface area contributed by atoms with Gasteiger partial charge < -0.3 is 34.2 Å². The van der Waals surface area contributed by atoms with E-state index >= 15 is 0 Å². The molecule has 1 amide bonds. The molecule has 11 nitrogen and oxygen atoms in total. The summed E-state index contributed by atoms with van der Waals surface area (Å²) in [7, 11) is 1.77. The number of aliphatic hydroxyl groups is 2. The number of aryl methyl sites for hydroxylation is 1. The van der Waals surface area contributed by atoms with Crippen LogP contribution in [0.1, 0.15) is 89.3 Å². The number of nitrogens with zero attached hydrogens (tertiary/aromatic N) is 4. The maximum Gasteiger partial charge on any atom is 0.254 e. The molecule has 4 aromatic rings. The average Bonchev–Trinajstić information content (AvgIpc) is 3.29. The first-order valence-corrected chi connectivity index (χ1v) is 21.4. The highest BCUT2D eigenvalue weighted by atomic mass is 16.7. The molecule has 318 valence electrons. The molecule has 2 aliphatic carbocycles. The van der Waals surface area contributed by atoms with E-state index < -0.39 is 17.7 Å². The van der Waals surface area contributed by atoms with E-state index in [-0.39, 0.29) is 63.1 Å². The Morgan fingerprint density at radius 3 is 2.49 bits per heavy atom. The van der Waals surface area contributed by atoms with Crippen LogP contribution in [0.15, 0.2) is 120 Å². The second-order valence-corrected chi connectivity index (χ2v) is 16.2. The molecule has 1 fully saturated rings. The van der Waals surface area contributed by atoms with Gasteiger partial charge >= 0.3 is 0 Å². The lowest BCUT2D eigenvalue weighted by Crippen LogP contribution is -2.69. The third-order valence-corrected chi connectivity index (χ3v) is 12.3. The average molecular weight is 825 g/mol. The van der Waals surface area contributed by atoms with Crippen molar-refractivity contribution in [1.29, 1.82) is 5.26 Å². The minimum atomic E-state index is -1.40. The molecule has 11 heteroatoms. The van der Waals surface area contributed by atoms with Crippen molar-refractivity contribution < 1.29 is 34.1 Å². The van der Waals surface area contributed by atoms with Gasteiger partial charge in [-0.1, -0.05) is 66.5 Å². The summed E-state index contributed by atoms with van der Waals surface area (Å²) in [5.74, 6) is -0.863. The number of carbonyl (C=O) groups excluding carboxylic acids is 1. The van der Waals surface area contributed by atoms with Gasteiger partial charge in [0.1, 0.15) is 30.8 Å². The Hall–Kier alpha value is -5.80. The van der Waals surface area contributed by atoms with E-state index in [2.05, 4.69) is 29.8 Å². The van der Waals surface area contributed by atoms with Gasteiger partial charge in [-0.05, 0) is 110 Å². The summed E-state index contributed by atoms with van der Waals surface area (Å²) in [6.07, 6.45) is 8.91. The van der Waals surface area contributed by atoms with Gasteiger partial charge in [0.05, 0.1) is 35.6 Å². The second-order valence-electron chi connectivity index (χ2n) is 16.2. The molecular formula is C50H56N4O7. The van der Waals surface area contributed by atoms with Crippen molar-refractivity contribution in [1.82, 2.24) is 9.88 Å². The molecule has 1 aromatic heterocycles. The van der Waals surface area contributed by atoms with E-state index in [1.54, 1.807) is 42.3 Å². The van der Waals surface area contributed by atoms with Gasteiger partial charge in [-0.15, -0.1) is 6.58 Å². The number of hydrogen-bond acceptors (Lipinski definition) is 10. The molecule has 6 atom stereocenters. The van der Waals surface area contributed by atoms with Gasteiger partial charge in [0.2, 0.25) is 5.79 Å². The zero-order chi connectivity index (χ0) is 42.8. The maximum atomic E-state index is 14.6. The fraction of sp³-hybridized carbons (Fsp3) is 0.400. The summed E-state index contributed by atoms with van der Waals surface area (Å²) in [6, 6.07) is 29.8. The van der Waals surface area contributed by atoms with Crippen molar-refractivity contribution in [3.8, 4) is 17.6 Å². The van der Waals surface area contributed by atoms with Gasteiger partial charge in [-0.3, -0.25) is 9.78 Å². The summed E-state index contributed by atoms with van der Waals surface area (Å²) >= 11 is 0. The van der Waals surface area contributed by atoms with Crippen molar-refractivity contribution in [2.45, 2.75) is 82.8 Å². The van der Waals surface area contributed by atoms with E-state index in [0.29, 0.717) is 41.2 Å². The third kappa shape index (κ3) is 9.57.